The zero-order valence-electron chi connectivity index (χ0n) is 12.6. The highest BCUT2D eigenvalue weighted by Gasteiger charge is 2.06. The molecule has 4 nitrogen and oxygen atoms in total. The number of aryl methyl sites for hydroxylation is 2. The molecule has 4 heteroatoms. The van der Waals surface area contributed by atoms with Gasteiger partial charge >= 0.3 is 0 Å². The Hall–Kier alpha value is -1.81. The number of pyridine rings is 1. The van der Waals surface area contributed by atoms with Crippen molar-refractivity contribution in [2.75, 3.05) is 6.54 Å². The minimum absolute atomic E-state index is 0.635. The fraction of sp³-hybridized carbons (Fsp3) is 0.438. The molecule has 1 N–H and O–H groups in total. The fourth-order valence-corrected chi connectivity index (χ4v) is 1.99. The Morgan fingerprint density at radius 2 is 1.95 bits per heavy atom. The maximum Gasteiger partial charge on any atom is 0.178 e. The van der Waals surface area contributed by atoms with Crippen molar-refractivity contribution in [3.63, 3.8) is 0 Å². The van der Waals surface area contributed by atoms with Crippen molar-refractivity contribution in [3.05, 3.63) is 41.3 Å². The van der Waals surface area contributed by atoms with Gasteiger partial charge in [0.05, 0.1) is 5.69 Å². The summed E-state index contributed by atoms with van der Waals surface area (Å²) in [6.45, 7) is 10.2. The monoisotopic (exact) mass is 270 g/mol. The van der Waals surface area contributed by atoms with Crippen LogP contribution >= 0.6 is 0 Å². The van der Waals surface area contributed by atoms with E-state index < -0.39 is 0 Å². The molecule has 0 aromatic carbocycles. The predicted molar refractivity (Wildman–Crippen MR) is 81.3 cm³/mol. The number of nitrogens with zero attached hydrogens (tertiary/aromatic N) is 3. The summed E-state index contributed by atoms with van der Waals surface area (Å²) in [6.07, 6.45) is 1.80. The lowest BCUT2D eigenvalue weighted by atomic mass is 10.2. The molecule has 0 radical (unpaired) electrons. The molecule has 2 heterocycles. The molecule has 20 heavy (non-hydrogen) atoms. The normalized spacial score (nSPS) is 11.1. The largest absolute Gasteiger partial charge is 0.311 e. The van der Waals surface area contributed by atoms with Gasteiger partial charge in [-0.3, -0.25) is 4.98 Å². The minimum atomic E-state index is 0.635. The van der Waals surface area contributed by atoms with Gasteiger partial charge in [-0.1, -0.05) is 13.8 Å². The maximum atomic E-state index is 4.61. The number of hydrogen-bond donors (Lipinski definition) is 1. The van der Waals surface area contributed by atoms with Crippen molar-refractivity contribution in [2.24, 2.45) is 5.92 Å². The Labute approximate surface area is 120 Å². The molecular formula is C16H22N4. The Morgan fingerprint density at radius 1 is 1.15 bits per heavy atom. The molecule has 0 aliphatic heterocycles. The van der Waals surface area contributed by atoms with Crippen molar-refractivity contribution in [3.8, 4) is 11.5 Å². The predicted octanol–water partition coefficient (Wildman–Crippen LogP) is 2.90. The van der Waals surface area contributed by atoms with Gasteiger partial charge in [0.1, 0.15) is 5.69 Å². The molecule has 0 fully saturated rings. The van der Waals surface area contributed by atoms with Crippen LogP contribution in [-0.2, 0) is 6.54 Å². The average Bonchev–Trinajstić information content (AvgIpc) is 2.37. The molecule has 2 rings (SSSR count). The van der Waals surface area contributed by atoms with E-state index in [4.69, 9.17) is 0 Å². The van der Waals surface area contributed by atoms with Gasteiger partial charge in [0.25, 0.3) is 0 Å². The van der Waals surface area contributed by atoms with Crippen LogP contribution in [0.5, 0.6) is 0 Å². The van der Waals surface area contributed by atoms with E-state index in [1.165, 1.54) is 5.56 Å². The van der Waals surface area contributed by atoms with Crippen LogP contribution in [0.2, 0.25) is 0 Å². The summed E-state index contributed by atoms with van der Waals surface area (Å²) >= 11 is 0. The summed E-state index contributed by atoms with van der Waals surface area (Å²) in [5, 5.41) is 3.41. The highest BCUT2D eigenvalue weighted by molar-refractivity contribution is 5.50. The lowest BCUT2D eigenvalue weighted by Crippen LogP contribution is -2.20. The van der Waals surface area contributed by atoms with Crippen LogP contribution in [0.3, 0.4) is 0 Å². The van der Waals surface area contributed by atoms with Gasteiger partial charge in [-0.15, -0.1) is 0 Å². The molecule has 0 spiro atoms. The van der Waals surface area contributed by atoms with E-state index in [0.29, 0.717) is 11.7 Å². The Balaban J connectivity index is 2.20. The first-order chi connectivity index (χ1) is 9.54. The first-order valence-corrected chi connectivity index (χ1v) is 7.03. The topological polar surface area (TPSA) is 50.7 Å². The summed E-state index contributed by atoms with van der Waals surface area (Å²) in [5.41, 5.74) is 3.98. The van der Waals surface area contributed by atoms with Gasteiger partial charge in [0, 0.05) is 18.4 Å². The molecule has 2 aromatic heterocycles. The van der Waals surface area contributed by atoms with E-state index in [2.05, 4.69) is 34.1 Å². The molecule has 0 bridgehead atoms. The minimum Gasteiger partial charge on any atom is -0.311 e. The second kappa shape index (κ2) is 6.57. The lowest BCUT2D eigenvalue weighted by molar-refractivity contribution is 0.548. The second-order valence-corrected chi connectivity index (χ2v) is 5.57. The van der Waals surface area contributed by atoms with Crippen LogP contribution in [0, 0.1) is 19.8 Å². The summed E-state index contributed by atoms with van der Waals surface area (Å²) in [6, 6.07) is 6.01. The van der Waals surface area contributed by atoms with Gasteiger partial charge in [-0.2, -0.15) is 0 Å². The van der Waals surface area contributed by atoms with Gasteiger partial charge in [0.15, 0.2) is 5.82 Å². The van der Waals surface area contributed by atoms with Crippen molar-refractivity contribution in [1.82, 2.24) is 20.3 Å². The highest BCUT2D eigenvalue weighted by atomic mass is 15.0. The third-order valence-electron chi connectivity index (χ3n) is 2.91. The lowest BCUT2D eigenvalue weighted by Gasteiger charge is -2.09. The van der Waals surface area contributed by atoms with E-state index in [1.807, 2.05) is 32.0 Å². The van der Waals surface area contributed by atoms with Gasteiger partial charge < -0.3 is 5.32 Å². The van der Waals surface area contributed by atoms with Gasteiger partial charge in [0.2, 0.25) is 0 Å². The van der Waals surface area contributed by atoms with E-state index in [9.17, 15) is 0 Å². The smallest absolute Gasteiger partial charge is 0.178 e. The van der Waals surface area contributed by atoms with Gasteiger partial charge in [-0.05, 0) is 50.1 Å². The third kappa shape index (κ3) is 4.10. The van der Waals surface area contributed by atoms with Crippen LogP contribution in [0.4, 0.5) is 0 Å². The Kier molecular flexibility index (Phi) is 4.79. The third-order valence-corrected chi connectivity index (χ3v) is 2.91. The fourth-order valence-electron chi connectivity index (χ4n) is 1.99. The molecule has 106 valence electrons. The zero-order chi connectivity index (χ0) is 14.5. The van der Waals surface area contributed by atoms with Gasteiger partial charge in [-0.25, -0.2) is 9.97 Å². The van der Waals surface area contributed by atoms with E-state index >= 15 is 0 Å². The molecule has 0 aliphatic carbocycles. The Morgan fingerprint density at radius 3 is 2.65 bits per heavy atom. The van der Waals surface area contributed by atoms with Crippen molar-refractivity contribution >= 4 is 0 Å². The zero-order valence-corrected chi connectivity index (χ0v) is 12.6. The van der Waals surface area contributed by atoms with Crippen LogP contribution < -0.4 is 5.32 Å². The average molecular weight is 270 g/mol. The first kappa shape index (κ1) is 14.6. The number of hydrogen-bond acceptors (Lipinski definition) is 4. The van der Waals surface area contributed by atoms with E-state index in [-0.39, 0.29) is 0 Å². The highest BCUT2D eigenvalue weighted by Crippen LogP contribution is 2.14. The summed E-state index contributed by atoms with van der Waals surface area (Å²) in [7, 11) is 0. The second-order valence-electron chi connectivity index (χ2n) is 5.57. The van der Waals surface area contributed by atoms with Crippen LogP contribution in [0.15, 0.2) is 24.4 Å². The van der Waals surface area contributed by atoms with Crippen LogP contribution in [-0.4, -0.2) is 21.5 Å². The number of aromatic nitrogens is 3. The summed E-state index contributed by atoms with van der Waals surface area (Å²) in [4.78, 5) is 13.4. The molecule has 2 aromatic rings. The molecule has 0 saturated heterocycles. The Bertz CT molecular complexity index is 578. The quantitative estimate of drug-likeness (QED) is 0.907. The maximum absolute atomic E-state index is 4.61. The summed E-state index contributed by atoms with van der Waals surface area (Å²) in [5.74, 6) is 1.34. The molecule has 0 saturated carbocycles. The van der Waals surface area contributed by atoms with E-state index in [0.717, 1.165) is 30.2 Å². The molecule has 0 amide bonds. The van der Waals surface area contributed by atoms with Crippen LogP contribution in [0.1, 0.15) is 30.8 Å². The standard InChI is InChI=1S/C16H22N4/c1-11(2)9-17-10-14-8-13(4)19-16(20-14)15-7-12(3)5-6-18-15/h5-8,11,17H,9-10H2,1-4H3. The van der Waals surface area contributed by atoms with Crippen molar-refractivity contribution in [2.45, 2.75) is 34.2 Å². The number of nitrogens with one attached hydrogen (secondary N) is 1. The number of rotatable bonds is 5. The molecule has 0 atom stereocenters. The first-order valence-electron chi connectivity index (χ1n) is 7.03. The van der Waals surface area contributed by atoms with E-state index in [1.54, 1.807) is 6.20 Å². The molecule has 0 unspecified atom stereocenters. The van der Waals surface area contributed by atoms with Crippen molar-refractivity contribution in [1.29, 1.82) is 0 Å². The summed E-state index contributed by atoms with van der Waals surface area (Å²) < 4.78 is 0. The SMILES string of the molecule is Cc1ccnc(-c2nc(C)cc(CNCC(C)C)n2)c1. The van der Waals surface area contributed by atoms with Crippen LogP contribution in [0.25, 0.3) is 11.5 Å². The molecule has 0 aliphatic rings. The van der Waals surface area contributed by atoms with Crippen molar-refractivity contribution < 1.29 is 0 Å². The molecular weight excluding hydrogens is 248 g/mol.